The summed E-state index contributed by atoms with van der Waals surface area (Å²) < 4.78 is 7.23. The summed E-state index contributed by atoms with van der Waals surface area (Å²) in [6, 6.07) is 3.40. The van der Waals surface area contributed by atoms with Crippen molar-refractivity contribution in [2.24, 2.45) is 5.92 Å². The van der Waals surface area contributed by atoms with Crippen LogP contribution in [0.4, 0.5) is 5.82 Å². The molecule has 4 rings (SSSR count). The molecule has 0 aliphatic carbocycles. The Kier molecular flexibility index (Phi) is 3.53. The molecule has 0 amide bonds. The monoisotopic (exact) mass is 311 g/mol. The number of hydrogen-bond acceptors (Lipinski definition) is 6. The summed E-state index contributed by atoms with van der Waals surface area (Å²) in [7, 11) is 0. The highest BCUT2D eigenvalue weighted by Gasteiger charge is 2.23. The molecule has 1 saturated heterocycles. The van der Waals surface area contributed by atoms with E-state index in [-0.39, 0.29) is 5.56 Å². The van der Waals surface area contributed by atoms with E-state index >= 15 is 0 Å². The molecule has 0 radical (unpaired) electrons. The van der Waals surface area contributed by atoms with Gasteiger partial charge in [-0.15, -0.1) is 5.10 Å². The van der Waals surface area contributed by atoms with Crippen molar-refractivity contribution in [2.75, 3.05) is 18.0 Å². The fourth-order valence-electron chi connectivity index (χ4n) is 3.12. The maximum absolute atomic E-state index is 11.8. The minimum Gasteiger partial charge on any atom is -0.460 e. The third-order valence-electron chi connectivity index (χ3n) is 4.41. The Morgan fingerprint density at radius 1 is 1.26 bits per heavy atom. The number of piperidine rings is 1. The molecule has 23 heavy (non-hydrogen) atoms. The van der Waals surface area contributed by atoms with Gasteiger partial charge in [-0.25, -0.2) is 4.98 Å². The van der Waals surface area contributed by atoms with Crippen molar-refractivity contribution in [3.63, 3.8) is 0 Å². The number of nitrogens with zero attached hydrogens (tertiary/aromatic N) is 5. The van der Waals surface area contributed by atoms with E-state index in [1.54, 1.807) is 23.4 Å². The third-order valence-corrected chi connectivity index (χ3v) is 4.41. The maximum Gasteiger partial charge on any atom is 0.253 e. The standard InChI is InChI=1S/C16H17N5O2/c22-14-1-5-17-11-21(14)10-12-2-6-20(7-3-12)16-15-13(4-8-23-15)9-18-19-16/h1,4-5,8-9,11-12H,2-3,6-7,10H2. The van der Waals surface area contributed by atoms with Crippen LogP contribution < -0.4 is 10.5 Å². The average Bonchev–Trinajstić information content (AvgIpc) is 3.06. The van der Waals surface area contributed by atoms with Crippen LogP contribution in [0.2, 0.25) is 0 Å². The zero-order valence-electron chi connectivity index (χ0n) is 12.6. The van der Waals surface area contributed by atoms with Crippen molar-refractivity contribution >= 4 is 16.8 Å². The molecular weight excluding hydrogens is 294 g/mol. The van der Waals surface area contributed by atoms with E-state index in [1.807, 2.05) is 6.07 Å². The van der Waals surface area contributed by atoms with Gasteiger partial charge in [0, 0.05) is 37.3 Å². The quantitative estimate of drug-likeness (QED) is 0.732. The molecule has 1 aliphatic rings. The van der Waals surface area contributed by atoms with E-state index < -0.39 is 0 Å². The van der Waals surface area contributed by atoms with Crippen LogP contribution in [-0.2, 0) is 6.54 Å². The summed E-state index contributed by atoms with van der Waals surface area (Å²) in [4.78, 5) is 18.0. The first-order valence-electron chi connectivity index (χ1n) is 7.75. The Morgan fingerprint density at radius 2 is 2.13 bits per heavy atom. The summed E-state index contributed by atoms with van der Waals surface area (Å²) in [6.07, 6.45) is 8.52. The lowest BCUT2D eigenvalue weighted by Crippen LogP contribution is -2.36. The third kappa shape index (κ3) is 2.69. The summed E-state index contributed by atoms with van der Waals surface area (Å²) in [5.74, 6) is 1.28. The normalized spacial score (nSPS) is 16.1. The highest BCUT2D eigenvalue weighted by Crippen LogP contribution is 2.28. The minimum atomic E-state index is 0.00801. The first kappa shape index (κ1) is 13.9. The molecule has 3 aromatic heterocycles. The number of rotatable bonds is 3. The lowest BCUT2D eigenvalue weighted by Gasteiger charge is -2.32. The number of fused-ring (bicyclic) bond motifs is 1. The van der Waals surface area contributed by atoms with Gasteiger partial charge in [-0.05, 0) is 24.8 Å². The van der Waals surface area contributed by atoms with Gasteiger partial charge in [0.1, 0.15) is 0 Å². The molecule has 0 N–H and O–H groups in total. The number of anilines is 1. The number of furan rings is 1. The van der Waals surface area contributed by atoms with Crippen molar-refractivity contribution in [3.8, 4) is 0 Å². The lowest BCUT2D eigenvalue weighted by molar-refractivity contribution is 0.349. The smallest absolute Gasteiger partial charge is 0.253 e. The van der Waals surface area contributed by atoms with E-state index in [9.17, 15) is 4.79 Å². The van der Waals surface area contributed by atoms with E-state index in [0.717, 1.165) is 49.3 Å². The Balaban J connectivity index is 1.46. The Labute approximate surface area is 132 Å². The molecule has 4 heterocycles. The van der Waals surface area contributed by atoms with Crippen molar-refractivity contribution in [1.82, 2.24) is 19.7 Å². The predicted molar refractivity (Wildman–Crippen MR) is 85.2 cm³/mol. The second-order valence-corrected chi connectivity index (χ2v) is 5.87. The van der Waals surface area contributed by atoms with E-state index in [0.29, 0.717) is 5.92 Å². The van der Waals surface area contributed by atoms with Crippen molar-refractivity contribution in [1.29, 1.82) is 0 Å². The second-order valence-electron chi connectivity index (χ2n) is 5.87. The summed E-state index contributed by atoms with van der Waals surface area (Å²) in [5, 5.41) is 9.27. The first-order valence-corrected chi connectivity index (χ1v) is 7.75. The van der Waals surface area contributed by atoms with Crippen LogP contribution in [0.1, 0.15) is 12.8 Å². The van der Waals surface area contributed by atoms with Gasteiger partial charge >= 0.3 is 0 Å². The van der Waals surface area contributed by atoms with Crippen LogP contribution in [0.3, 0.4) is 0 Å². The number of hydrogen-bond donors (Lipinski definition) is 0. The maximum atomic E-state index is 11.8. The van der Waals surface area contributed by atoms with E-state index in [4.69, 9.17) is 4.42 Å². The molecule has 3 aromatic rings. The number of aromatic nitrogens is 4. The summed E-state index contributed by atoms with van der Waals surface area (Å²) >= 11 is 0. The zero-order valence-corrected chi connectivity index (χ0v) is 12.6. The van der Waals surface area contributed by atoms with Gasteiger partial charge in [0.05, 0.1) is 18.8 Å². The largest absolute Gasteiger partial charge is 0.460 e. The molecule has 7 nitrogen and oxygen atoms in total. The predicted octanol–water partition coefficient (Wildman–Crippen LogP) is 1.70. The first-order chi connectivity index (χ1) is 11.3. The van der Waals surface area contributed by atoms with Gasteiger partial charge in [-0.3, -0.25) is 9.36 Å². The fourth-order valence-corrected chi connectivity index (χ4v) is 3.12. The van der Waals surface area contributed by atoms with Gasteiger partial charge < -0.3 is 9.32 Å². The van der Waals surface area contributed by atoms with Crippen LogP contribution in [0.15, 0.2) is 46.3 Å². The van der Waals surface area contributed by atoms with Crippen LogP contribution in [0.25, 0.3) is 11.0 Å². The highest BCUT2D eigenvalue weighted by molar-refractivity contribution is 5.86. The Hall–Kier alpha value is -2.70. The molecular formula is C16H17N5O2. The Morgan fingerprint density at radius 3 is 2.96 bits per heavy atom. The van der Waals surface area contributed by atoms with Gasteiger partial charge in [0.15, 0.2) is 11.4 Å². The fraction of sp³-hybridized carbons (Fsp3) is 0.375. The molecule has 7 heteroatoms. The highest BCUT2D eigenvalue weighted by atomic mass is 16.3. The van der Waals surface area contributed by atoms with Gasteiger partial charge in [0.25, 0.3) is 5.56 Å². The van der Waals surface area contributed by atoms with Gasteiger partial charge in [-0.2, -0.15) is 5.10 Å². The summed E-state index contributed by atoms with van der Waals surface area (Å²) in [6.45, 7) is 2.49. The van der Waals surface area contributed by atoms with Crippen molar-refractivity contribution in [3.05, 3.63) is 47.5 Å². The molecule has 118 valence electrons. The summed E-state index contributed by atoms with van der Waals surface area (Å²) in [5.41, 5.74) is 0.801. The van der Waals surface area contributed by atoms with Crippen molar-refractivity contribution in [2.45, 2.75) is 19.4 Å². The molecule has 0 spiro atoms. The molecule has 0 unspecified atom stereocenters. The SMILES string of the molecule is O=c1ccncn1CC1CCN(c2nncc3ccoc23)CC1. The van der Waals surface area contributed by atoms with Gasteiger partial charge in [-0.1, -0.05) is 0 Å². The zero-order chi connectivity index (χ0) is 15.6. The molecule has 0 aromatic carbocycles. The average molecular weight is 311 g/mol. The van der Waals surface area contributed by atoms with E-state index in [1.165, 1.54) is 12.3 Å². The van der Waals surface area contributed by atoms with Crippen molar-refractivity contribution < 1.29 is 4.42 Å². The van der Waals surface area contributed by atoms with E-state index in [2.05, 4.69) is 20.1 Å². The minimum absolute atomic E-state index is 0.00801. The van der Waals surface area contributed by atoms with Crippen LogP contribution in [0, 0.1) is 5.92 Å². The molecule has 0 atom stereocenters. The van der Waals surface area contributed by atoms with Gasteiger partial charge in [0.2, 0.25) is 0 Å². The Bertz CT molecular complexity index is 864. The topological polar surface area (TPSA) is 77.1 Å². The molecule has 0 saturated carbocycles. The van der Waals surface area contributed by atoms with Crippen LogP contribution in [0.5, 0.6) is 0 Å². The molecule has 1 aliphatic heterocycles. The lowest BCUT2D eigenvalue weighted by atomic mass is 9.96. The molecule has 0 bridgehead atoms. The van der Waals surface area contributed by atoms with Crippen LogP contribution >= 0.6 is 0 Å². The second kappa shape index (κ2) is 5.83. The molecule has 1 fully saturated rings. The van der Waals surface area contributed by atoms with Crippen LogP contribution in [-0.4, -0.2) is 32.8 Å².